The molecule has 0 saturated heterocycles. The number of fused-ring (bicyclic) bond motifs is 3. The van der Waals surface area contributed by atoms with Crippen LogP contribution in [0.2, 0.25) is 0 Å². The van der Waals surface area contributed by atoms with Crippen LogP contribution in [0.4, 0.5) is 0 Å². The summed E-state index contributed by atoms with van der Waals surface area (Å²) in [6.45, 7) is 4.42. The molecule has 0 unspecified atom stereocenters. The minimum Gasteiger partial charge on any atom is -0.272 e. The van der Waals surface area contributed by atoms with Gasteiger partial charge in [-0.05, 0) is 0 Å². The standard InChI is InChI=1S/C13H9.C9H13.Zr/c1-3-7-12-10(5-1)9-11-6-2-4-8-13(11)12;1-3-8-6-5-7-9(8)4-2;/h1-9H;6H,3-4,7H2,1-2H3;/q2*-1;+2. The average molecular weight is 378 g/mol. The second-order valence-corrected chi connectivity index (χ2v) is 5.68. The maximum Gasteiger partial charge on any atom is 2.00 e. The second-order valence-electron chi connectivity index (χ2n) is 5.68. The molecule has 0 aliphatic heterocycles. The van der Waals surface area contributed by atoms with Crippen molar-refractivity contribution in [1.29, 1.82) is 0 Å². The molecule has 0 fully saturated rings. The number of benzene rings is 2. The van der Waals surface area contributed by atoms with Crippen LogP contribution in [0.15, 0.2) is 71.8 Å². The summed E-state index contributed by atoms with van der Waals surface area (Å²) in [6.07, 6.45) is 8.82. The van der Waals surface area contributed by atoms with Crippen LogP contribution in [0.1, 0.15) is 33.1 Å². The van der Waals surface area contributed by atoms with Gasteiger partial charge in [0.05, 0.1) is 0 Å². The Morgan fingerprint density at radius 2 is 1.43 bits per heavy atom. The third kappa shape index (κ3) is 3.96. The average Bonchev–Trinajstić information content (AvgIpc) is 3.19. The van der Waals surface area contributed by atoms with Crippen molar-refractivity contribution in [2.75, 3.05) is 0 Å². The first kappa shape index (κ1) is 18.0. The Hall–Kier alpha value is -1.33. The maximum atomic E-state index is 3.23. The summed E-state index contributed by atoms with van der Waals surface area (Å²) >= 11 is 0. The van der Waals surface area contributed by atoms with E-state index in [9.17, 15) is 0 Å². The Labute approximate surface area is 158 Å². The first-order valence-electron chi connectivity index (χ1n) is 8.14. The van der Waals surface area contributed by atoms with Crippen LogP contribution in [0.5, 0.6) is 0 Å². The molecule has 0 atom stereocenters. The van der Waals surface area contributed by atoms with Crippen LogP contribution in [-0.2, 0) is 26.2 Å². The van der Waals surface area contributed by atoms with Crippen LogP contribution in [0.25, 0.3) is 21.5 Å². The van der Waals surface area contributed by atoms with Crippen LogP contribution in [-0.4, -0.2) is 0 Å². The summed E-state index contributed by atoms with van der Waals surface area (Å²) in [5.74, 6) is 0. The smallest absolute Gasteiger partial charge is 0.272 e. The Kier molecular flexibility index (Phi) is 6.66. The third-order valence-electron chi connectivity index (χ3n) is 4.38. The van der Waals surface area contributed by atoms with Crippen molar-refractivity contribution in [1.82, 2.24) is 0 Å². The van der Waals surface area contributed by atoms with Crippen molar-refractivity contribution in [2.24, 2.45) is 0 Å². The molecule has 3 aromatic rings. The maximum absolute atomic E-state index is 3.23. The van der Waals surface area contributed by atoms with Crippen molar-refractivity contribution in [3.8, 4) is 0 Å². The molecule has 4 rings (SSSR count). The van der Waals surface area contributed by atoms with Gasteiger partial charge in [-0.25, -0.2) is 6.08 Å². The fraction of sp³-hybridized carbons (Fsp3) is 0.227. The van der Waals surface area contributed by atoms with Crippen LogP contribution in [0.3, 0.4) is 0 Å². The van der Waals surface area contributed by atoms with Crippen molar-refractivity contribution >= 4 is 21.5 Å². The van der Waals surface area contributed by atoms with Crippen molar-refractivity contribution in [2.45, 2.75) is 33.1 Å². The molecule has 1 aliphatic carbocycles. The zero-order valence-electron chi connectivity index (χ0n) is 13.9. The number of hydrogen-bond donors (Lipinski definition) is 0. The number of allylic oxidation sites excluding steroid dienone is 4. The third-order valence-corrected chi connectivity index (χ3v) is 4.38. The van der Waals surface area contributed by atoms with E-state index in [1.165, 1.54) is 40.0 Å². The van der Waals surface area contributed by atoms with Gasteiger partial charge in [-0.15, -0.1) is 46.2 Å². The molecule has 0 radical (unpaired) electrons. The van der Waals surface area contributed by atoms with Gasteiger partial charge >= 0.3 is 26.2 Å². The van der Waals surface area contributed by atoms with E-state index >= 15 is 0 Å². The van der Waals surface area contributed by atoms with E-state index < -0.39 is 0 Å². The van der Waals surface area contributed by atoms with Gasteiger partial charge in [0.1, 0.15) is 0 Å². The van der Waals surface area contributed by atoms with Gasteiger partial charge in [0, 0.05) is 0 Å². The molecular formula is C22H22Zr. The predicted octanol–water partition coefficient (Wildman–Crippen LogP) is 6.58. The first-order chi connectivity index (χ1) is 10.8. The Bertz CT molecular complexity index is 783. The summed E-state index contributed by atoms with van der Waals surface area (Å²) in [5, 5.41) is 5.39. The molecule has 0 N–H and O–H groups in total. The molecule has 3 aromatic carbocycles. The fourth-order valence-corrected chi connectivity index (χ4v) is 3.12. The van der Waals surface area contributed by atoms with E-state index in [-0.39, 0.29) is 26.2 Å². The molecule has 1 aliphatic rings. The molecule has 0 bridgehead atoms. The quantitative estimate of drug-likeness (QED) is 0.443. The number of rotatable bonds is 2. The van der Waals surface area contributed by atoms with Crippen LogP contribution >= 0.6 is 0 Å². The Morgan fingerprint density at radius 1 is 0.870 bits per heavy atom. The molecule has 0 amide bonds. The second kappa shape index (κ2) is 8.50. The van der Waals surface area contributed by atoms with Crippen LogP contribution < -0.4 is 0 Å². The van der Waals surface area contributed by atoms with Crippen molar-refractivity contribution in [3.05, 3.63) is 77.9 Å². The molecule has 114 valence electrons. The van der Waals surface area contributed by atoms with E-state index in [4.69, 9.17) is 0 Å². The normalized spacial score (nSPS) is 13.1. The summed E-state index contributed by atoms with van der Waals surface area (Å²) < 4.78 is 0. The van der Waals surface area contributed by atoms with E-state index in [1.807, 2.05) is 0 Å². The summed E-state index contributed by atoms with van der Waals surface area (Å²) in [7, 11) is 0. The van der Waals surface area contributed by atoms with Gasteiger partial charge in [0.2, 0.25) is 0 Å². The first-order valence-corrected chi connectivity index (χ1v) is 8.14. The van der Waals surface area contributed by atoms with E-state index in [0.29, 0.717) is 0 Å². The molecule has 23 heavy (non-hydrogen) atoms. The molecule has 0 aromatic heterocycles. The molecule has 1 heteroatoms. The van der Waals surface area contributed by atoms with Gasteiger partial charge in [0.25, 0.3) is 0 Å². The monoisotopic (exact) mass is 376 g/mol. The predicted molar refractivity (Wildman–Crippen MR) is 97.1 cm³/mol. The molecule has 0 heterocycles. The van der Waals surface area contributed by atoms with Gasteiger partial charge < -0.3 is 0 Å². The van der Waals surface area contributed by atoms with Crippen molar-refractivity contribution < 1.29 is 26.2 Å². The summed E-state index contributed by atoms with van der Waals surface area (Å²) in [4.78, 5) is 0. The largest absolute Gasteiger partial charge is 2.00 e. The molecular weight excluding hydrogens is 355 g/mol. The fourth-order valence-electron chi connectivity index (χ4n) is 3.12. The SMILES string of the molecule is CCC1=C(CC)C[C-]=C1.[Zr+2].c1ccc2c(c1)[cH-]c1ccccc12. The van der Waals surface area contributed by atoms with Gasteiger partial charge in [-0.3, -0.25) is 6.08 Å². The topological polar surface area (TPSA) is 0 Å². The zero-order chi connectivity index (χ0) is 15.4. The van der Waals surface area contributed by atoms with Crippen LogP contribution in [0, 0.1) is 6.08 Å². The van der Waals surface area contributed by atoms with E-state index in [2.05, 4.69) is 80.6 Å². The van der Waals surface area contributed by atoms with E-state index in [0.717, 1.165) is 6.42 Å². The van der Waals surface area contributed by atoms with Gasteiger partial charge in [-0.1, -0.05) is 63.1 Å². The van der Waals surface area contributed by atoms with Gasteiger partial charge in [0.15, 0.2) is 0 Å². The van der Waals surface area contributed by atoms with E-state index in [1.54, 1.807) is 5.57 Å². The number of hydrogen-bond acceptors (Lipinski definition) is 0. The zero-order valence-corrected chi connectivity index (χ0v) is 16.4. The molecule has 0 nitrogen and oxygen atoms in total. The van der Waals surface area contributed by atoms with Gasteiger partial charge in [-0.2, -0.15) is 11.1 Å². The minimum atomic E-state index is 0. The molecule has 0 spiro atoms. The Balaban J connectivity index is 0.000000171. The Morgan fingerprint density at radius 3 is 1.91 bits per heavy atom. The molecule has 0 saturated carbocycles. The minimum absolute atomic E-state index is 0. The van der Waals surface area contributed by atoms with Crippen molar-refractivity contribution in [3.63, 3.8) is 0 Å². The summed E-state index contributed by atoms with van der Waals surface area (Å²) in [6, 6.07) is 19.3. The summed E-state index contributed by atoms with van der Waals surface area (Å²) in [5.41, 5.74) is 3.09.